The van der Waals surface area contributed by atoms with E-state index in [1.165, 1.54) is 0 Å². The van der Waals surface area contributed by atoms with Crippen molar-refractivity contribution in [2.24, 2.45) is 4.99 Å². The summed E-state index contributed by atoms with van der Waals surface area (Å²) < 4.78 is 0. The summed E-state index contributed by atoms with van der Waals surface area (Å²) in [4.78, 5) is 11.2. The van der Waals surface area contributed by atoms with Crippen LogP contribution < -0.4 is 21.6 Å². The normalized spacial score (nSPS) is 17.6. The topological polar surface area (TPSA) is 104 Å². The van der Waals surface area contributed by atoms with Crippen molar-refractivity contribution in [1.82, 2.24) is 25.9 Å². The van der Waals surface area contributed by atoms with Crippen LogP contribution in [0.5, 0.6) is 0 Å². The van der Waals surface area contributed by atoms with Crippen molar-refractivity contribution in [2.45, 2.75) is 64.2 Å². The molecule has 46 heavy (non-hydrogen) atoms. The maximum absolute atomic E-state index is 10.0. The highest BCUT2D eigenvalue weighted by Crippen LogP contribution is 2.36. The summed E-state index contributed by atoms with van der Waals surface area (Å²) in [7, 11) is 1.74. The van der Waals surface area contributed by atoms with Crippen molar-refractivity contribution in [3.8, 4) is 6.07 Å². The molecular formula is C36H44ClN9. The van der Waals surface area contributed by atoms with Gasteiger partial charge < -0.3 is 16.1 Å². The maximum Gasteiger partial charge on any atom is 0.103 e. The molecule has 0 spiro atoms. The number of hydrazine groups is 2. The van der Waals surface area contributed by atoms with Gasteiger partial charge in [0.1, 0.15) is 6.07 Å². The quantitative estimate of drug-likeness (QED) is 0.140. The minimum Gasteiger partial charge on any atom is -0.377 e. The van der Waals surface area contributed by atoms with E-state index >= 15 is 0 Å². The summed E-state index contributed by atoms with van der Waals surface area (Å²) >= 11 is 6.86. The molecule has 2 aromatic carbocycles. The molecular weight excluding hydrogens is 594 g/mol. The summed E-state index contributed by atoms with van der Waals surface area (Å²) in [6, 6.07) is 16.3. The van der Waals surface area contributed by atoms with Gasteiger partial charge in [-0.1, -0.05) is 54.6 Å². The third kappa shape index (κ3) is 7.53. The van der Waals surface area contributed by atoms with E-state index < -0.39 is 0 Å². The molecule has 2 atom stereocenters. The summed E-state index contributed by atoms with van der Waals surface area (Å²) in [5.41, 5.74) is 12.3. The van der Waals surface area contributed by atoms with Crippen molar-refractivity contribution in [1.29, 1.82) is 5.26 Å². The van der Waals surface area contributed by atoms with Gasteiger partial charge in [0.15, 0.2) is 0 Å². The first-order valence-electron chi connectivity index (χ1n) is 15.7. The fourth-order valence-corrected chi connectivity index (χ4v) is 6.28. The zero-order valence-electron chi connectivity index (χ0n) is 27.3. The summed E-state index contributed by atoms with van der Waals surface area (Å²) in [6.07, 6.45) is 11.4. The molecule has 2 aliphatic rings. The van der Waals surface area contributed by atoms with E-state index in [9.17, 15) is 5.26 Å². The Kier molecular flexibility index (Phi) is 10.3. The molecule has 0 bridgehead atoms. The summed E-state index contributed by atoms with van der Waals surface area (Å²) in [6.45, 7) is 15.4. The van der Waals surface area contributed by atoms with Gasteiger partial charge in [0.2, 0.25) is 0 Å². The largest absolute Gasteiger partial charge is 0.377 e. The lowest BCUT2D eigenvalue weighted by Gasteiger charge is -2.42. The van der Waals surface area contributed by atoms with Gasteiger partial charge in [0, 0.05) is 67.4 Å². The van der Waals surface area contributed by atoms with E-state index in [0.29, 0.717) is 27.8 Å². The lowest BCUT2D eigenvalue weighted by Crippen LogP contribution is -2.52. The van der Waals surface area contributed by atoms with Crippen LogP contribution in [-0.4, -0.2) is 58.9 Å². The number of hydrogen-bond acceptors (Lipinski definition) is 9. The van der Waals surface area contributed by atoms with Gasteiger partial charge >= 0.3 is 0 Å². The zero-order chi connectivity index (χ0) is 32.8. The van der Waals surface area contributed by atoms with Crippen molar-refractivity contribution in [2.75, 3.05) is 30.8 Å². The van der Waals surface area contributed by atoms with Crippen LogP contribution in [-0.2, 0) is 0 Å². The molecule has 9 nitrogen and oxygen atoms in total. The number of rotatable bonds is 10. The Bertz CT molecular complexity index is 1680. The minimum absolute atomic E-state index is 0.0487. The monoisotopic (exact) mass is 637 g/mol. The van der Waals surface area contributed by atoms with E-state index in [1.807, 2.05) is 42.5 Å². The molecule has 3 heterocycles. The van der Waals surface area contributed by atoms with Crippen LogP contribution in [0.4, 0.5) is 11.4 Å². The molecule has 3 aromatic rings. The number of piperidine rings is 1. The molecule has 4 N–H and O–H groups in total. The van der Waals surface area contributed by atoms with Crippen LogP contribution in [0.25, 0.3) is 10.9 Å². The van der Waals surface area contributed by atoms with Gasteiger partial charge in [0.05, 0.1) is 33.5 Å². The highest BCUT2D eigenvalue weighted by atomic mass is 35.5. The Hall–Kier alpha value is -4.36. The Labute approximate surface area is 277 Å². The number of nitriles is 1. The summed E-state index contributed by atoms with van der Waals surface area (Å²) in [5, 5.41) is 20.6. The highest BCUT2D eigenvalue weighted by molar-refractivity contribution is 6.35. The smallest absolute Gasteiger partial charge is 0.103 e. The molecule has 1 saturated heterocycles. The predicted molar refractivity (Wildman–Crippen MR) is 191 cm³/mol. The molecule has 0 amide bonds. The maximum atomic E-state index is 10.0. The molecule has 0 unspecified atom stereocenters. The van der Waals surface area contributed by atoms with Crippen LogP contribution in [0, 0.1) is 11.3 Å². The van der Waals surface area contributed by atoms with E-state index in [-0.39, 0.29) is 17.6 Å². The number of halogens is 1. The molecule has 0 radical (unpaired) electrons. The van der Waals surface area contributed by atoms with Gasteiger partial charge in [-0.25, -0.2) is 0 Å². The second-order valence-corrected chi connectivity index (χ2v) is 13.2. The van der Waals surface area contributed by atoms with Crippen LogP contribution >= 0.6 is 11.6 Å². The van der Waals surface area contributed by atoms with Crippen LogP contribution in [0.3, 0.4) is 0 Å². The van der Waals surface area contributed by atoms with Crippen molar-refractivity contribution >= 4 is 40.1 Å². The molecule has 1 aromatic heterocycles. The number of likely N-dealkylation sites (tertiary alicyclic amines) is 1. The number of benzene rings is 2. The predicted octanol–water partition coefficient (Wildman–Crippen LogP) is 6.96. The molecule has 240 valence electrons. The van der Waals surface area contributed by atoms with Gasteiger partial charge in [-0.3, -0.25) is 19.9 Å². The van der Waals surface area contributed by atoms with Gasteiger partial charge in [-0.05, 0) is 69.9 Å². The molecule has 10 heteroatoms. The van der Waals surface area contributed by atoms with Gasteiger partial charge in [-0.2, -0.15) is 5.26 Å². The van der Waals surface area contributed by atoms with Crippen LogP contribution in [0.1, 0.15) is 57.7 Å². The van der Waals surface area contributed by atoms with Gasteiger partial charge in [-0.15, -0.1) is 5.53 Å². The summed E-state index contributed by atoms with van der Waals surface area (Å²) in [5.74, 6) is 0. The number of fused-ring (bicyclic) bond motifs is 1. The van der Waals surface area contributed by atoms with E-state index in [2.05, 4.69) is 100 Å². The number of aromatic nitrogens is 1. The van der Waals surface area contributed by atoms with Crippen molar-refractivity contribution in [3.63, 3.8) is 0 Å². The fourth-order valence-electron chi connectivity index (χ4n) is 6.01. The SMILES string of the molecule is C=C(/C=C\C=NC)[C@H](Nc1cc(Cl)c2ncc(C#N)c(N[C@H](C)c3ccccc3)c2c1)C1=CN(C2CCN(C(C)(C)C)CC2)NN1. The lowest BCUT2D eigenvalue weighted by atomic mass is 9.98. The average molecular weight is 638 g/mol. The minimum atomic E-state index is -0.311. The molecule has 2 aliphatic heterocycles. The van der Waals surface area contributed by atoms with Crippen molar-refractivity contribution in [3.05, 3.63) is 101 Å². The molecule has 0 saturated carbocycles. The second-order valence-electron chi connectivity index (χ2n) is 12.8. The first kappa shape index (κ1) is 33.0. The molecule has 1 fully saturated rings. The standard InChI is InChI=1S/C36H44ClN9/c1-24(11-10-16-39-6)33(32-23-46(44-43-32)29-14-17-45(18-15-29)36(3,4)5)42-28-19-30-34(41-25(2)26-12-8-7-9-13-26)27(21-38)22-40-35(30)31(37)20-28/h7-13,16,19-20,22-23,25,29,33,42-44H,1,14-15,17-18H2,2-6H3,(H,40,41)/b11-10-,39-16?/t25-,33+/m1/s1. The Morgan fingerprint density at radius 3 is 2.61 bits per heavy atom. The number of pyridine rings is 1. The third-order valence-electron chi connectivity index (χ3n) is 8.66. The molecule has 0 aliphatic carbocycles. The second kappa shape index (κ2) is 14.4. The Balaban J connectivity index is 1.46. The Morgan fingerprint density at radius 1 is 1.20 bits per heavy atom. The number of allylic oxidation sites excluding steroid dienone is 1. The van der Waals surface area contributed by atoms with Crippen LogP contribution in [0.15, 0.2) is 89.9 Å². The average Bonchev–Trinajstić information content (AvgIpc) is 3.54. The lowest BCUT2D eigenvalue weighted by molar-refractivity contribution is 0.0570. The Morgan fingerprint density at radius 2 is 1.93 bits per heavy atom. The third-order valence-corrected chi connectivity index (χ3v) is 8.95. The highest BCUT2D eigenvalue weighted by Gasteiger charge is 2.32. The first-order chi connectivity index (χ1) is 22.1. The first-order valence-corrected chi connectivity index (χ1v) is 16.1. The zero-order valence-corrected chi connectivity index (χ0v) is 28.1. The number of aliphatic imine (C=N–C) groups is 1. The molecule has 5 rings (SSSR count). The van der Waals surface area contributed by atoms with Crippen molar-refractivity contribution < 1.29 is 0 Å². The van der Waals surface area contributed by atoms with Crippen LogP contribution in [0.2, 0.25) is 5.02 Å². The number of hydrogen-bond donors (Lipinski definition) is 4. The van der Waals surface area contributed by atoms with E-state index in [0.717, 1.165) is 53.8 Å². The van der Waals surface area contributed by atoms with Gasteiger partial charge in [0.25, 0.3) is 0 Å². The number of nitrogens with zero attached hydrogens (tertiary/aromatic N) is 5. The number of anilines is 2. The number of nitrogens with one attached hydrogen (secondary N) is 4. The van der Waals surface area contributed by atoms with E-state index in [1.54, 1.807) is 19.5 Å². The fraction of sp³-hybridized carbons (Fsp3) is 0.361. The van der Waals surface area contributed by atoms with E-state index in [4.69, 9.17) is 11.6 Å².